The quantitative estimate of drug-likeness (QED) is 0.682. The lowest BCUT2D eigenvalue weighted by Crippen LogP contribution is -2.02. The predicted molar refractivity (Wildman–Crippen MR) is 79.8 cm³/mol. The van der Waals surface area contributed by atoms with Crippen molar-refractivity contribution in [2.24, 2.45) is 0 Å². The summed E-state index contributed by atoms with van der Waals surface area (Å²) in [6, 6.07) is 14.7. The Labute approximate surface area is 113 Å². The smallest absolute Gasteiger partial charge is 0.137 e. The highest BCUT2D eigenvalue weighted by molar-refractivity contribution is 5.87. The minimum absolute atomic E-state index is 1.01. The third kappa shape index (κ3) is 1.84. The fraction of sp³-hybridized carbons (Fsp3) is 0.235. The minimum atomic E-state index is 1.01. The van der Waals surface area contributed by atoms with Gasteiger partial charge in [-0.25, -0.2) is 4.98 Å². The van der Waals surface area contributed by atoms with Gasteiger partial charge in [-0.05, 0) is 36.6 Å². The highest BCUT2D eigenvalue weighted by Crippen LogP contribution is 2.29. The summed E-state index contributed by atoms with van der Waals surface area (Å²) in [6.07, 6.45) is 3.94. The number of hydrogen-bond donors (Lipinski definition) is 0. The molecule has 0 fully saturated rings. The van der Waals surface area contributed by atoms with Gasteiger partial charge in [-0.3, -0.25) is 4.57 Å². The monoisotopic (exact) mass is 250 g/mol. The molecule has 0 aliphatic rings. The summed E-state index contributed by atoms with van der Waals surface area (Å²) in [5.74, 6) is 1.01. The fourth-order valence-electron chi connectivity index (χ4n) is 2.87. The van der Waals surface area contributed by atoms with E-state index in [1.165, 1.54) is 22.2 Å². The second-order valence-corrected chi connectivity index (χ2v) is 4.67. The lowest BCUT2D eigenvalue weighted by atomic mass is 10.1. The Morgan fingerprint density at radius 3 is 2.42 bits per heavy atom. The molecular formula is C17H18N2. The molecule has 3 aromatic rings. The lowest BCUT2D eigenvalue weighted by molar-refractivity contribution is 0.902. The Hall–Kier alpha value is -2.09. The molecule has 0 aliphatic heterocycles. The predicted octanol–water partition coefficient (Wildman–Crippen LogP) is 4.15. The molecule has 96 valence electrons. The van der Waals surface area contributed by atoms with Crippen molar-refractivity contribution >= 4 is 10.9 Å². The number of aromatic nitrogens is 2. The summed E-state index contributed by atoms with van der Waals surface area (Å²) in [5, 5.41) is 1.35. The Balaban J connectivity index is 2.40. The molecule has 0 spiro atoms. The van der Waals surface area contributed by atoms with Gasteiger partial charge in [0, 0.05) is 17.3 Å². The molecule has 0 radical (unpaired) electrons. The van der Waals surface area contributed by atoms with E-state index < -0.39 is 0 Å². The van der Waals surface area contributed by atoms with Gasteiger partial charge in [0.2, 0.25) is 0 Å². The average Bonchev–Trinajstić information content (AvgIpc) is 2.81. The van der Waals surface area contributed by atoms with E-state index in [9.17, 15) is 0 Å². The Morgan fingerprint density at radius 2 is 1.74 bits per heavy atom. The molecule has 0 saturated carbocycles. The van der Waals surface area contributed by atoms with Crippen LogP contribution in [-0.2, 0) is 12.8 Å². The number of para-hydroxylation sites is 1. The highest BCUT2D eigenvalue weighted by atomic mass is 15.1. The summed E-state index contributed by atoms with van der Waals surface area (Å²) >= 11 is 0. The van der Waals surface area contributed by atoms with Crippen LogP contribution in [-0.4, -0.2) is 9.55 Å². The number of fused-ring (bicyclic) bond motifs is 1. The number of benzene rings is 1. The molecule has 2 aromatic heterocycles. The third-order valence-electron chi connectivity index (χ3n) is 3.66. The van der Waals surface area contributed by atoms with Crippen molar-refractivity contribution in [1.29, 1.82) is 0 Å². The molecule has 0 atom stereocenters. The van der Waals surface area contributed by atoms with Crippen molar-refractivity contribution in [1.82, 2.24) is 9.55 Å². The zero-order chi connectivity index (χ0) is 13.2. The van der Waals surface area contributed by atoms with Crippen LogP contribution in [0.5, 0.6) is 0 Å². The van der Waals surface area contributed by atoms with E-state index in [-0.39, 0.29) is 0 Å². The van der Waals surface area contributed by atoms with Gasteiger partial charge in [-0.15, -0.1) is 0 Å². The fourth-order valence-corrected chi connectivity index (χ4v) is 2.87. The van der Waals surface area contributed by atoms with E-state index in [1.54, 1.807) is 0 Å². The van der Waals surface area contributed by atoms with Gasteiger partial charge in [0.15, 0.2) is 0 Å². The maximum atomic E-state index is 4.52. The van der Waals surface area contributed by atoms with Crippen LogP contribution >= 0.6 is 0 Å². The van der Waals surface area contributed by atoms with Crippen molar-refractivity contribution in [2.45, 2.75) is 26.7 Å². The van der Waals surface area contributed by atoms with E-state index in [4.69, 9.17) is 0 Å². The molecule has 19 heavy (non-hydrogen) atoms. The van der Waals surface area contributed by atoms with E-state index in [1.807, 2.05) is 18.3 Å². The van der Waals surface area contributed by atoms with Crippen LogP contribution in [0.2, 0.25) is 0 Å². The van der Waals surface area contributed by atoms with Crippen LogP contribution in [0.4, 0.5) is 0 Å². The molecule has 0 bridgehead atoms. The first-order valence-corrected chi connectivity index (χ1v) is 6.89. The van der Waals surface area contributed by atoms with Crippen LogP contribution in [0, 0.1) is 0 Å². The normalized spacial score (nSPS) is 11.1. The molecule has 0 saturated heterocycles. The molecule has 2 heterocycles. The molecule has 1 aromatic carbocycles. The SMILES string of the molecule is CCc1c(CC)n(-c2ccccn2)c2ccccc12. The minimum Gasteiger partial charge on any atom is -0.298 e. The summed E-state index contributed by atoms with van der Waals surface area (Å²) in [7, 11) is 0. The third-order valence-corrected chi connectivity index (χ3v) is 3.66. The molecule has 2 heteroatoms. The summed E-state index contributed by atoms with van der Waals surface area (Å²) in [5.41, 5.74) is 4.08. The standard InChI is InChI=1S/C17H18N2/c1-3-13-14-9-5-6-10-16(14)19(15(13)4-2)17-11-7-8-12-18-17/h5-12H,3-4H2,1-2H3. The number of aryl methyl sites for hydroxylation is 1. The van der Waals surface area contributed by atoms with E-state index >= 15 is 0 Å². The molecule has 0 aliphatic carbocycles. The van der Waals surface area contributed by atoms with Crippen molar-refractivity contribution in [3.8, 4) is 5.82 Å². The summed E-state index contributed by atoms with van der Waals surface area (Å²) in [4.78, 5) is 4.52. The summed E-state index contributed by atoms with van der Waals surface area (Å²) < 4.78 is 2.30. The van der Waals surface area contributed by atoms with Crippen molar-refractivity contribution in [3.63, 3.8) is 0 Å². The van der Waals surface area contributed by atoms with E-state index in [0.29, 0.717) is 0 Å². The van der Waals surface area contributed by atoms with Gasteiger partial charge >= 0.3 is 0 Å². The van der Waals surface area contributed by atoms with Gasteiger partial charge < -0.3 is 0 Å². The Kier molecular flexibility index (Phi) is 3.08. The van der Waals surface area contributed by atoms with Crippen molar-refractivity contribution in [3.05, 3.63) is 59.9 Å². The van der Waals surface area contributed by atoms with Crippen LogP contribution in [0.15, 0.2) is 48.7 Å². The molecule has 0 N–H and O–H groups in total. The molecule has 2 nitrogen and oxygen atoms in total. The van der Waals surface area contributed by atoms with Crippen molar-refractivity contribution in [2.75, 3.05) is 0 Å². The second kappa shape index (κ2) is 4.88. The van der Waals surface area contributed by atoms with Gasteiger partial charge in [0.25, 0.3) is 0 Å². The molecule has 3 rings (SSSR count). The maximum Gasteiger partial charge on any atom is 0.137 e. The van der Waals surface area contributed by atoms with Gasteiger partial charge in [-0.1, -0.05) is 38.1 Å². The number of nitrogens with zero attached hydrogens (tertiary/aromatic N) is 2. The highest BCUT2D eigenvalue weighted by Gasteiger charge is 2.15. The second-order valence-electron chi connectivity index (χ2n) is 4.67. The lowest BCUT2D eigenvalue weighted by Gasteiger charge is -2.09. The van der Waals surface area contributed by atoms with Gasteiger partial charge in [-0.2, -0.15) is 0 Å². The van der Waals surface area contributed by atoms with Crippen LogP contribution in [0.3, 0.4) is 0 Å². The van der Waals surface area contributed by atoms with Crippen LogP contribution < -0.4 is 0 Å². The Bertz CT molecular complexity index is 696. The Morgan fingerprint density at radius 1 is 0.947 bits per heavy atom. The molecular weight excluding hydrogens is 232 g/mol. The zero-order valence-electron chi connectivity index (χ0n) is 11.4. The number of pyridine rings is 1. The van der Waals surface area contributed by atoms with Crippen LogP contribution in [0.25, 0.3) is 16.7 Å². The zero-order valence-corrected chi connectivity index (χ0v) is 11.4. The number of rotatable bonds is 3. The average molecular weight is 250 g/mol. The maximum absolute atomic E-state index is 4.52. The van der Waals surface area contributed by atoms with Crippen molar-refractivity contribution < 1.29 is 0 Å². The first-order valence-electron chi connectivity index (χ1n) is 6.89. The van der Waals surface area contributed by atoms with Crippen LogP contribution in [0.1, 0.15) is 25.1 Å². The first kappa shape index (κ1) is 12.0. The number of hydrogen-bond acceptors (Lipinski definition) is 1. The van der Waals surface area contributed by atoms with Gasteiger partial charge in [0.1, 0.15) is 5.82 Å². The largest absolute Gasteiger partial charge is 0.298 e. The topological polar surface area (TPSA) is 17.8 Å². The summed E-state index contributed by atoms with van der Waals surface area (Å²) in [6.45, 7) is 4.44. The first-order chi connectivity index (χ1) is 9.36. The van der Waals surface area contributed by atoms with E-state index in [0.717, 1.165) is 18.7 Å². The molecule has 0 unspecified atom stereocenters. The van der Waals surface area contributed by atoms with E-state index in [2.05, 4.69) is 53.7 Å². The van der Waals surface area contributed by atoms with Gasteiger partial charge in [0.05, 0.1) is 5.52 Å². The molecule has 0 amide bonds.